The highest BCUT2D eigenvalue weighted by molar-refractivity contribution is 6.10. The number of ether oxygens (including phenoxy) is 2. The minimum absolute atomic E-state index is 0.158. The number of methoxy groups -OCH3 is 2. The first-order valence-electron chi connectivity index (χ1n) is 4.95. The van der Waals surface area contributed by atoms with E-state index >= 15 is 0 Å². The first-order valence-corrected chi connectivity index (χ1v) is 4.95. The Hall–Kier alpha value is -1.26. The van der Waals surface area contributed by atoms with E-state index in [9.17, 15) is 9.59 Å². The van der Waals surface area contributed by atoms with Gasteiger partial charge in [0, 0.05) is 25.4 Å². The molecule has 0 aliphatic heterocycles. The van der Waals surface area contributed by atoms with Gasteiger partial charge < -0.3 is 9.47 Å². The molecule has 0 aromatic rings. The van der Waals surface area contributed by atoms with E-state index in [4.69, 9.17) is 9.47 Å². The van der Waals surface area contributed by atoms with Gasteiger partial charge in [-0.25, -0.2) is 0 Å². The molecule has 0 fully saturated rings. The Morgan fingerprint density at radius 2 is 1.19 bits per heavy atom. The Kier molecular flexibility index (Phi) is 7.33. The van der Waals surface area contributed by atoms with Crippen LogP contribution < -0.4 is 0 Å². The number of carbonyl (C=O) groups is 2. The third-order valence-corrected chi connectivity index (χ3v) is 1.96. The predicted molar refractivity (Wildman–Crippen MR) is 61.3 cm³/mol. The minimum Gasteiger partial charge on any atom is -0.381 e. The van der Waals surface area contributed by atoms with E-state index in [2.05, 4.69) is 0 Å². The molecular formula is C12H18O4. The molecule has 16 heavy (non-hydrogen) atoms. The van der Waals surface area contributed by atoms with Crippen molar-refractivity contribution in [1.29, 1.82) is 0 Å². The summed E-state index contributed by atoms with van der Waals surface area (Å²) in [5.41, 5.74) is 0.762. The van der Waals surface area contributed by atoms with Crippen LogP contribution in [0.2, 0.25) is 0 Å². The molecule has 0 aromatic heterocycles. The molecule has 0 atom stereocenters. The molecule has 4 nitrogen and oxygen atoms in total. The lowest BCUT2D eigenvalue weighted by molar-refractivity contribution is -0.116. The van der Waals surface area contributed by atoms with Crippen LogP contribution in [0, 0.1) is 0 Å². The summed E-state index contributed by atoms with van der Waals surface area (Å²) in [5.74, 6) is -0.316. The predicted octanol–water partition coefficient (Wildman–Crippen LogP) is 1.31. The van der Waals surface area contributed by atoms with Gasteiger partial charge in [-0.3, -0.25) is 9.59 Å². The van der Waals surface area contributed by atoms with Crippen molar-refractivity contribution in [2.75, 3.05) is 27.4 Å². The molecule has 90 valence electrons. The van der Waals surface area contributed by atoms with Gasteiger partial charge in [0.05, 0.1) is 13.2 Å². The van der Waals surface area contributed by atoms with Crippen LogP contribution in [0.25, 0.3) is 0 Å². The number of Topliss-reactive ketones (excluding diaryl/α,β-unsaturated/α-hetero) is 2. The summed E-state index contributed by atoms with van der Waals surface area (Å²) in [6.07, 6.45) is 3.20. The number of allylic oxidation sites excluding steroid dienone is 2. The van der Waals surface area contributed by atoms with Crippen LogP contribution in [-0.2, 0) is 19.1 Å². The molecule has 0 aromatic carbocycles. The van der Waals surface area contributed by atoms with Crippen molar-refractivity contribution in [1.82, 2.24) is 0 Å². The monoisotopic (exact) mass is 226 g/mol. The molecule has 0 aliphatic carbocycles. The van der Waals surface area contributed by atoms with Gasteiger partial charge in [-0.2, -0.15) is 0 Å². The maximum absolute atomic E-state index is 11.4. The lowest BCUT2D eigenvalue weighted by Crippen LogP contribution is -2.09. The maximum Gasteiger partial charge on any atom is 0.160 e. The van der Waals surface area contributed by atoms with Gasteiger partial charge in [-0.15, -0.1) is 0 Å². The Bertz CT molecular complexity index is 281. The molecule has 0 N–H and O–H groups in total. The van der Waals surface area contributed by atoms with Crippen molar-refractivity contribution >= 4 is 11.6 Å². The van der Waals surface area contributed by atoms with Crippen molar-refractivity contribution in [3.05, 3.63) is 23.3 Å². The van der Waals surface area contributed by atoms with Crippen LogP contribution >= 0.6 is 0 Å². The molecule has 0 radical (unpaired) electrons. The second-order valence-electron chi connectivity index (χ2n) is 3.26. The molecule has 0 unspecified atom stereocenters. The average molecular weight is 226 g/mol. The Morgan fingerprint density at radius 1 is 0.875 bits per heavy atom. The largest absolute Gasteiger partial charge is 0.381 e. The van der Waals surface area contributed by atoms with Gasteiger partial charge in [0.2, 0.25) is 0 Å². The Labute approximate surface area is 95.9 Å². The highest BCUT2D eigenvalue weighted by Gasteiger charge is 2.13. The molecule has 0 aliphatic rings. The zero-order chi connectivity index (χ0) is 12.6. The van der Waals surface area contributed by atoms with Crippen LogP contribution in [0.4, 0.5) is 0 Å². The molecule has 0 saturated carbocycles. The fourth-order valence-electron chi connectivity index (χ4n) is 1.22. The van der Waals surface area contributed by atoms with Crippen molar-refractivity contribution in [2.24, 2.45) is 0 Å². The lowest BCUT2D eigenvalue weighted by Gasteiger charge is -2.06. The second kappa shape index (κ2) is 7.96. The number of rotatable bonds is 7. The molecule has 0 saturated heterocycles. The zero-order valence-electron chi connectivity index (χ0n) is 10.2. The summed E-state index contributed by atoms with van der Waals surface area (Å²) >= 11 is 0. The van der Waals surface area contributed by atoms with E-state index in [1.807, 2.05) is 0 Å². The number of carbonyl (C=O) groups excluding carboxylic acids is 2. The smallest absolute Gasteiger partial charge is 0.160 e. The minimum atomic E-state index is -0.158. The summed E-state index contributed by atoms with van der Waals surface area (Å²) in [6, 6.07) is 0. The molecule has 0 spiro atoms. The summed E-state index contributed by atoms with van der Waals surface area (Å²) in [6.45, 7) is 3.44. The Morgan fingerprint density at radius 3 is 1.38 bits per heavy atom. The first-order chi connectivity index (χ1) is 7.54. The van der Waals surface area contributed by atoms with Crippen molar-refractivity contribution < 1.29 is 19.1 Å². The van der Waals surface area contributed by atoms with Crippen molar-refractivity contribution in [2.45, 2.75) is 13.8 Å². The van der Waals surface area contributed by atoms with Gasteiger partial charge in [0.25, 0.3) is 0 Å². The summed E-state index contributed by atoms with van der Waals surface area (Å²) in [4.78, 5) is 22.8. The Balaban J connectivity index is 5.11. The van der Waals surface area contributed by atoms with E-state index in [0.717, 1.165) is 0 Å². The van der Waals surface area contributed by atoms with Gasteiger partial charge >= 0.3 is 0 Å². The summed E-state index contributed by atoms with van der Waals surface area (Å²) in [5, 5.41) is 0. The quantitative estimate of drug-likeness (QED) is 0.485. The maximum atomic E-state index is 11.4. The third kappa shape index (κ3) is 5.00. The zero-order valence-corrected chi connectivity index (χ0v) is 10.2. The van der Waals surface area contributed by atoms with Gasteiger partial charge in [-0.05, 0) is 26.0 Å². The molecule has 0 rings (SSSR count). The van der Waals surface area contributed by atoms with Gasteiger partial charge in [0.15, 0.2) is 11.6 Å². The fourth-order valence-corrected chi connectivity index (χ4v) is 1.22. The van der Waals surface area contributed by atoms with Gasteiger partial charge in [0.1, 0.15) is 0 Å². The highest BCUT2D eigenvalue weighted by Crippen LogP contribution is 2.12. The van der Waals surface area contributed by atoms with E-state index in [1.165, 1.54) is 28.1 Å². The molecule has 0 bridgehead atoms. The van der Waals surface area contributed by atoms with E-state index in [-0.39, 0.29) is 11.6 Å². The van der Waals surface area contributed by atoms with Crippen LogP contribution in [0.1, 0.15) is 13.8 Å². The van der Waals surface area contributed by atoms with Gasteiger partial charge in [-0.1, -0.05) is 0 Å². The number of hydrogen-bond acceptors (Lipinski definition) is 4. The summed E-state index contributed by atoms with van der Waals surface area (Å²) in [7, 11) is 3.06. The average Bonchev–Trinajstić information content (AvgIpc) is 2.21. The second-order valence-corrected chi connectivity index (χ2v) is 3.26. The SMILES string of the molecule is COC/C=C(C(C)=O)\C(=C/COC)C(C)=O. The molecule has 0 heterocycles. The highest BCUT2D eigenvalue weighted by atomic mass is 16.5. The van der Waals surface area contributed by atoms with E-state index in [0.29, 0.717) is 24.4 Å². The summed E-state index contributed by atoms with van der Waals surface area (Å²) < 4.78 is 9.72. The molecule has 0 amide bonds. The third-order valence-electron chi connectivity index (χ3n) is 1.96. The normalized spacial score (nSPS) is 12.8. The molecule has 4 heteroatoms. The molecular weight excluding hydrogens is 208 g/mol. The van der Waals surface area contributed by atoms with Crippen molar-refractivity contribution in [3.63, 3.8) is 0 Å². The van der Waals surface area contributed by atoms with Crippen LogP contribution in [0.15, 0.2) is 23.3 Å². The van der Waals surface area contributed by atoms with Crippen LogP contribution in [-0.4, -0.2) is 39.0 Å². The number of ketones is 2. The lowest BCUT2D eigenvalue weighted by atomic mass is 9.99. The topological polar surface area (TPSA) is 52.6 Å². The van der Waals surface area contributed by atoms with Crippen molar-refractivity contribution in [3.8, 4) is 0 Å². The van der Waals surface area contributed by atoms with Crippen LogP contribution in [0.3, 0.4) is 0 Å². The first kappa shape index (κ1) is 14.7. The standard InChI is InChI=1S/C12H18O4/c1-9(13)11(5-7-15-3)12(10(2)14)6-8-16-4/h5-6H,7-8H2,1-4H3/b11-5-,12-6-. The van der Waals surface area contributed by atoms with E-state index in [1.54, 1.807) is 12.2 Å². The number of hydrogen-bond donors (Lipinski definition) is 0. The van der Waals surface area contributed by atoms with E-state index < -0.39 is 0 Å². The van der Waals surface area contributed by atoms with Crippen LogP contribution in [0.5, 0.6) is 0 Å². The fraction of sp³-hybridized carbons (Fsp3) is 0.500.